The van der Waals surface area contributed by atoms with Gasteiger partial charge in [-0.25, -0.2) is 0 Å². The second kappa shape index (κ2) is 12.5. The molecule has 2 saturated heterocycles. The molecular weight excluding hydrogens is 451 g/mol. The zero-order valence-corrected chi connectivity index (χ0v) is 20.6. The maximum absolute atomic E-state index is 6.10. The van der Waals surface area contributed by atoms with Gasteiger partial charge in [-0.2, -0.15) is 0 Å². The number of piperidine rings is 1. The Labute approximate surface area is 184 Å². The average molecular weight is 495 g/mol. The summed E-state index contributed by atoms with van der Waals surface area (Å²) in [6.07, 6.45) is 6.85. The zero-order chi connectivity index (χ0) is 19.0. The topological polar surface area (TPSA) is 48.9 Å². The van der Waals surface area contributed by atoms with Crippen LogP contribution in [0.2, 0.25) is 0 Å². The first-order valence-corrected chi connectivity index (χ1v) is 10.7. The third-order valence-electron chi connectivity index (χ3n) is 5.69. The summed E-state index contributed by atoms with van der Waals surface area (Å²) >= 11 is 0. The van der Waals surface area contributed by atoms with Gasteiger partial charge in [0.25, 0.3) is 0 Å². The van der Waals surface area contributed by atoms with Crippen LogP contribution < -0.4 is 10.6 Å². The molecule has 0 aromatic carbocycles. The molecule has 6 heteroatoms. The highest BCUT2D eigenvalue weighted by Crippen LogP contribution is 2.33. The van der Waals surface area contributed by atoms with Gasteiger partial charge in [0, 0.05) is 39.2 Å². The van der Waals surface area contributed by atoms with Crippen LogP contribution in [0.25, 0.3) is 0 Å². The van der Waals surface area contributed by atoms with Crippen molar-refractivity contribution in [2.75, 3.05) is 46.4 Å². The van der Waals surface area contributed by atoms with E-state index in [9.17, 15) is 0 Å². The van der Waals surface area contributed by atoms with Gasteiger partial charge in [0.05, 0.1) is 6.10 Å². The smallest absolute Gasteiger partial charge is 0.190 e. The van der Waals surface area contributed by atoms with E-state index in [4.69, 9.17) is 4.74 Å². The molecule has 0 saturated carbocycles. The van der Waals surface area contributed by atoms with E-state index in [2.05, 4.69) is 48.2 Å². The number of halogens is 1. The van der Waals surface area contributed by atoms with Gasteiger partial charge in [-0.3, -0.25) is 4.99 Å². The van der Waals surface area contributed by atoms with E-state index < -0.39 is 0 Å². The molecule has 0 spiro atoms. The average Bonchev–Trinajstić information content (AvgIpc) is 2.62. The molecule has 3 atom stereocenters. The number of rotatable bonds is 6. The van der Waals surface area contributed by atoms with Crippen LogP contribution >= 0.6 is 24.0 Å². The molecule has 160 valence electrons. The molecule has 2 N–H and O–H groups in total. The van der Waals surface area contributed by atoms with Crippen molar-refractivity contribution < 1.29 is 4.74 Å². The van der Waals surface area contributed by atoms with Crippen LogP contribution in [0.1, 0.15) is 59.8 Å². The standard InChI is InChI=1S/C21H42N4O.HI/c1-17(16-25-11-7-6-8-12-25)14-23-20(22-5)24-15-18-10-9-13-26-19(18)21(2,3)4;/h17-19H,6-16H2,1-5H3,(H2,22,23,24);1H. The molecule has 0 amide bonds. The lowest BCUT2D eigenvalue weighted by Crippen LogP contribution is -2.48. The van der Waals surface area contributed by atoms with E-state index in [1.807, 2.05) is 7.05 Å². The number of ether oxygens (including phenoxy) is 1. The lowest BCUT2D eigenvalue weighted by atomic mass is 9.78. The minimum atomic E-state index is 0. The highest BCUT2D eigenvalue weighted by molar-refractivity contribution is 14.0. The highest BCUT2D eigenvalue weighted by atomic mass is 127. The minimum absolute atomic E-state index is 0. The van der Waals surface area contributed by atoms with Crippen molar-refractivity contribution in [1.29, 1.82) is 0 Å². The van der Waals surface area contributed by atoms with Gasteiger partial charge in [-0.05, 0) is 50.1 Å². The Morgan fingerprint density at radius 3 is 2.48 bits per heavy atom. The Morgan fingerprint density at radius 1 is 1.15 bits per heavy atom. The van der Waals surface area contributed by atoms with Crippen molar-refractivity contribution in [2.24, 2.45) is 22.2 Å². The lowest BCUT2D eigenvalue weighted by molar-refractivity contribution is -0.0835. The molecule has 0 radical (unpaired) electrons. The predicted molar refractivity (Wildman–Crippen MR) is 126 cm³/mol. The molecule has 3 unspecified atom stereocenters. The van der Waals surface area contributed by atoms with Crippen LogP contribution in [-0.4, -0.2) is 63.3 Å². The van der Waals surface area contributed by atoms with Crippen molar-refractivity contribution in [1.82, 2.24) is 15.5 Å². The molecule has 0 aliphatic carbocycles. The van der Waals surface area contributed by atoms with E-state index in [1.165, 1.54) is 45.3 Å². The quantitative estimate of drug-likeness (QED) is 0.336. The van der Waals surface area contributed by atoms with Gasteiger partial charge in [-0.1, -0.05) is 34.1 Å². The Hall–Kier alpha value is -0.0800. The first kappa shape index (κ1) is 25.0. The maximum Gasteiger partial charge on any atom is 0.190 e. The molecule has 0 aromatic heterocycles. The Bertz CT molecular complexity index is 432. The van der Waals surface area contributed by atoms with E-state index in [-0.39, 0.29) is 29.4 Å². The number of nitrogens with zero attached hydrogens (tertiary/aromatic N) is 2. The molecule has 5 nitrogen and oxygen atoms in total. The summed E-state index contributed by atoms with van der Waals surface area (Å²) in [5.41, 5.74) is 0.187. The van der Waals surface area contributed by atoms with Crippen molar-refractivity contribution in [3.63, 3.8) is 0 Å². The summed E-state index contributed by atoms with van der Waals surface area (Å²) in [7, 11) is 1.86. The fourth-order valence-corrected chi connectivity index (χ4v) is 4.38. The summed E-state index contributed by atoms with van der Waals surface area (Å²) in [6, 6.07) is 0. The Morgan fingerprint density at radius 2 is 1.85 bits per heavy atom. The van der Waals surface area contributed by atoms with E-state index in [0.29, 0.717) is 17.9 Å². The largest absolute Gasteiger partial charge is 0.377 e. The number of aliphatic imine (C=N–C) groups is 1. The van der Waals surface area contributed by atoms with Crippen molar-refractivity contribution in [2.45, 2.75) is 65.9 Å². The third-order valence-corrected chi connectivity index (χ3v) is 5.69. The van der Waals surface area contributed by atoms with Crippen LogP contribution in [0.3, 0.4) is 0 Å². The molecule has 2 aliphatic heterocycles. The maximum atomic E-state index is 6.10. The third kappa shape index (κ3) is 8.86. The Kier molecular flexibility index (Phi) is 11.5. The van der Waals surface area contributed by atoms with Crippen LogP contribution in [0.5, 0.6) is 0 Å². The first-order chi connectivity index (χ1) is 12.4. The van der Waals surface area contributed by atoms with Gasteiger partial charge in [-0.15, -0.1) is 24.0 Å². The minimum Gasteiger partial charge on any atom is -0.377 e. The van der Waals surface area contributed by atoms with Gasteiger partial charge in [0.15, 0.2) is 5.96 Å². The fraction of sp³-hybridized carbons (Fsp3) is 0.952. The lowest BCUT2D eigenvalue weighted by Gasteiger charge is -2.40. The monoisotopic (exact) mass is 494 g/mol. The molecule has 0 bridgehead atoms. The summed E-state index contributed by atoms with van der Waals surface area (Å²) in [6.45, 7) is 15.7. The summed E-state index contributed by atoms with van der Waals surface area (Å²) in [5, 5.41) is 7.07. The van der Waals surface area contributed by atoms with Crippen LogP contribution in [0.4, 0.5) is 0 Å². The summed E-state index contributed by atoms with van der Waals surface area (Å²) in [5.74, 6) is 2.11. The van der Waals surface area contributed by atoms with Crippen molar-refractivity contribution in [3.8, 4) is 0 Å². The van der Waals surface area contributed by atoms with Gasteiger partial charge in [0.2, 0.25) is 0 Å². The molecule has 2 rings (SSSR count). The molecular formula is C21H43IN4O. The van der Waals surface area contributed by atoms with Crippen LogP contribution in [0.15, 0.2) is 4.99 Å². The zero-order valence-electron chi connectivity index (χ0n) is 18.2. The van der Waals surface area contributed by atoms with Gasteiger partial charge >= 0.3 is 0 Å². The number of nitrogens with one attached hydrogen (secondary N) is 2. The SMILES string of the molecule is CN=C(NCC(C)CN1CCCCC1)NCC1CCCOC1C(C)(C)C.I. The Balaban J connectivity index is 0.00000364. The molecule has 2 aliphatic rings. The fourth-order valence-electron chi connectivity index (χ4n) is 4.38. The van der Waals surface area contributed by atoms with E-state index >= 15 is 0 Å². The van der Waals surface area contributed by atoms with Gasteiger partial charge in [0.1, 0.15) is 0 Å². The number of hydrogen-bond acceptors (Lipinski definition) is 3. The normalized spacial score (nSPS) is 26.2. The molecule has 27 heavy (non-hydrogen) atoms. The van der Waals surface area contributed by atoms with E-state index in [0.717, 1.165) is 32.1 Å². The van der Waals surface area contributed by atoms with Gasteiger partial charge < -0.3 is 20.3 Å². The summed E-state index contributed by atoms with van der Waals surface area (Å²) < 4.78 is 6.10. The number of likely N-dealkylation sites (tertiary alicyclic amines) is 1. The highest BCUT2D eigenvalue weighted by Gasteiger charge is 2.35. The number of guanidine groups is 1. The second-order valence-electron chi connectivity index (χ2n) is 9.36. The van der Waals surface area contributed by atoms with Crippen LogP contribution in [-0.2, 0) is 4.74 Å². The second-order valence-corrected chi connectivity index (χ2v) is 9.36. The predicted octanol–water partition coefficient (Wildman–Crippen LogP) is 3.73. The number of hydrogen-bond donors (Lipinski definition) is 2. The van der Waals surface area contributed by atoms with Crippen molar-refractivity contribution in [3.05, 3.63) is 0 Å². The molecule has 0 aromatic rings. The van der Waals surface area contributed by atoms with Crippen LogP contribution in [0, 0.1) is 17.3 Å². The molecule has 2 fully saturated rings. The molecule has 2 heterocycles. The first-order valence-electron chi connectivity index (χ1n) is 10.7. The summed E-state index contributed by atoms with van der Waals surface area (Å²) in [4.78, 5) is 7.03. The van der Waals surface area contributed by atoms with Crippen molar-refractivity contribution >= 4 is 29.9 Å². The van der Waals surface area contributed by atoms with E-state index in [1.54, 1.807) is 0 Å².